The second-order valence-electron chi connectivity index (χ2n) is 2.88. The molecule has 0 radical (unpaired) electrons. The van der Waals surface area contributed by atoms with E-state index in [9.17, 15) is 0 Å². The molecule has 0 aliphatic rings. The second kappa shape index (κ2) is 3.92. The Morgan fingerprint density at radius 1 is 1.29 bits per heavy atom. The van der Waals surface area contributed by atoms with Gasteiger partial charge in [-0.1, -0.05) is 28.0 Å². The molecular formula is C10H9BrN2O. The fourth-order valence-corrected chi connectivity index (χ4v) is 1.37. The van der Waals surface area contributed by atoms with E-state index in [4.69, 9.17) is 4.52 Å². The summed E-state index contributed by atoms with van der Waals surface area (Å²) in [5, 5.41) is 3.84. The molecule has 0 N–H and O–H groups in total. The van der Waals surface area contributed by atoms with Crippen LogP contribution in [0.25, 0.3) is 11.5 Å². The van der Waals surface area contributed by atoms with E-state index in [-0.39, 0.29) is 0 Å². The average Bonchev–Trinajstić information content (AvgIpc) is 2.67. The highest BCUT2D eigenvalue weighted by atomic mass is 79.9. The van der Waals surface area contributed by atoms with Gasteiger partial charge in [-0.15, -0.1) is 0 Å². The van der Waals surface area contributed by atoms with Crippen LogP contribution < -0.4 is 0 Å². The molecule has 3 nitrogen and oxygen atoms in total. The Balaban J connectivity index is 2.34. The van der Waals surface area contributed by atoms with Gasteiger partial charge >= 0.3 is 0 Å². The van der Waals surface area contributed by atoms with Crippen LogP contribution >= 0.6 is 15.9 Å². The highest BCUT2D eigenvalue weighted by molar-refractivity contribution is 9.10. The minimum Gasteiger partial charge on any atom is -0.334 e. The minimum atomic E-state index is 0.578. The molecular weight excluding hydrogens is 244 g/mol. The molecule has 0 saturated heterocycles. The van der Waals surface area contributed by atoms with E-state index in [1.807, 2.05) is 31.2 Å². The van der Waals surface area contributed by atoms with E-state index in [1.165, 1.54) is 0 Å². The van der Waals surface area contributed by atoms with Gasteiger partial charge in [-0.3, -0.25) is 0 Å². The van der Waals surface area contributed by atoms with Crippen LogP contribution in [0.5, 0.6) is 0 Å². The molecule has 0 spiro atoms. The standard InChI is InChI=1S/C10H9BrN2O/c1-2-9-12-10(14-13-9)7-3-5-8(11)6-4-7/h3-6H,2H2,1H3. The zero-order valence-electron chi connectivity index (χ0n) is 7.70. The predicted molar refractivity (Wildman–Crippen MR) is 56.8 cm³/mol. The first-order valence-corrected chi connectivity index (χ1v) is 5.17. The monoisotopic (exact) mass is 252 g/mol. The SMILES string of the molecule is CCc1noc(-c2ccc(Br)cc2)n1. The molecule has 0 aliphatic heterocycles. The molecule has 0 bridgehead atoms. The molecule has 0 saturated carbocycles. The topological polar surface area (TPSA) is 38.9 Å². The summed E-state index contributed by atoms with van der Waals surface area (Å²) in [5.74, 6) is 1.32. The molecule has 1 aromatic heterocycles. The molecule has 0 amide bonds. The van der Waals surface area contributed by atoms with Crippen LogP contribution in [0.2, 0.25) is 0 Å². The number of halogens is 1. The van der Waals surface area contributed by atoms with Gasteiger partial charge in [-0.2, -0.15) is 4.98 Å². The van der Waals surface area contributed by atoms with Crippen molar-refractivity contribution >= 4 is 15.9 Å². The lowest BCUT2D eigenvalue weighted by atomic mass is 10.2. The van der Waals surface area contributed by atoms with E-state index in [0.29, 0.717) is 5.89 Å². The molecule has 4 heteroatoms. The Bertz CT molecular complexity index is 422. The fraction of sp³-hybridized carbons (Fsp3) is 0.200. The lowest BCUT2D eigenvalue weighted by Gasteiger charge is -1.92. The van der Waals surface area contributed by atoms with Crippen LogP contribution in [0.15, 0.2) is 33.3 Å². The maximum absolute atomic E-state index is 5.11. The van der Waals surface area contributed by atoms with Gasteiger partial charge < -0.3 is 4.52 Å². The van der Waals surface area contributed by atoms with Gasteiger partial charge in [0.15, 0.2) is 5.82 Å². The Morgan fingerprint density at radius 3 is 2.57 bits per heavy atom. The molecule has 2 rings (SSSR count). The van der Waals surface area contributed by atoms with Gasteiger partial charge in [0.05, 0.1) is 0 Å². The third-order valence-corrected chi connectivity index (χ3v) is 2.40. The van der Waals surface area contributed by atoms with Crippen LogP contribution in [0.3, 0.4) is 0 Å². The van der Waals surface area contributed by atoms with Crippen molar-refractivity contribution < 1.29 is 4.52 Å². The van der Waals surface area contributed by atoms with Crippen LogP contribution in [0.4, 0.5) is 0 Å². The smallest absolute Gasteiger partial charge is 0.257 e. The van der Waals surface area contributed by atoms with Crippen molar-refractivity contribution in [1.82, 2.24) is 10.1 Å². The number of rotatable bonds is 2. The summed E-state index contributed by atoms with van der Waals surface area (Å²) < 4.78 is 6.14. The van der Waals surface area contributed by atoms with Crippen molar-refractivity contribution in [2.45, 2.75) is 13.3 Å². The van der Waals surface area contributed by atoms with Gasteiger partial charge in [-0.05, 0) is 24.3 Å². The van der Waals surface area contributed by atoms with Gasteiger partial charge in [0.1, 0.15) is 0 Å². The molecule has 2 aromatic rings. The maximum atomic E-state index is 5.11. The van der Waals surface area contributed by atoms with Crippen LogP contribution in [0.1, 0.15) is 12.7 Å². The summed E-state index contributed by atoms with van der Waals surface area (Å²) in [6.07, 6.45) is 0.792. The lowest BCUT2D eigenvalue weighted by Crippen LogP contribution is -1.82. The Labute approximate surface area is 90.3 Å². The van der Waals surface area contributed by atoms with E-state index in [1.54, 1.807) is 0 Å². The predicted octanol–water partition coefficient (Wildman–Crippen LogP) is 3.06. The van der Waals surface area contributed by atoms with Crippen molar-refractivity contribution in [3.63, 3.8) is 0 Å². The summed E-state index contributed by atoms with van der Waals surface area (Å²) in [7, 11) is 0. The quantitative estimate of drug-likeness (QED) is 0.825. The average molecular weight is 253 g/mol. The van der Waals surface area contributed by atoms with Gasteiger partial charge in [0.2, 0.25) is 0 Å². The number of hydrogen-bond donors (Lipinski definition) is 0. The van der Waals surface area contributed by atoms with Gasteiger partial charge in [-0.25, -0.2) is 0 Å². The number of aromatic nitrogens is 2. The van der Waals surface area contributed by atoms with Gasteiger partial charge in [0, 0.05) is 16.5 Å². The molecule has 0 unspecified atom stereocenters. The van der Waals surface area contributed by atoms with Crippen molar-refractivity contribution in [2.24, 2.45) is 0 Å². The molecule has 0 atom stereocenters. The van der Waals surface area contributed by atoms with E-state index in [0.717, 1.165) is 22.3 Å². The zero-order chi connectivity index (χ0) is 9.97. The molecule has 72 valence electrons. The molecule has 0 aliphatic carbocycles. The largest absolute Gasteiger partial charge is 0.334 e. The first-order chi connectivity index (χ1) is 6.79. The molecule has 0 fully saturated rings. The highest BCUT2D eigenvalue weighted by Crippen LogP contribution is 2.19. The summed E-state index contributed by atoms with van der Waals surface area (Å²) in [4.78, 5) is 4.24. The highest BCUT2D eigenvalue weighted by Gasteiger charge is 2.06. The fourth-order valence-electron chi connectivity index (χ4n) is 1.11. The summed E-state index contributed by atoms with van der Waals surface area (Å²) in [6.45, 7) is 2.00. The Morgan fingerprint density at radius 2 is 2.00 bits per heavy atom. The van der Waals surface area contributed by atoms with Crippen molar-refractivity contribution in [2.75, 3.05) is 0 Å². The maximum Gasteiger partial charge on any atom is 0.257 e. The van der Waals surface area contributed by atoms with E-state index >= 15 is 0 Å². The number of nitrogens with zero attached hydrogens (tertiary/aromatic N) is 2. The van der Waals surface area contributed by atoms with E-state index in [2.05, 4.69) is 26.1 Å². The van der Waals surface area contributed by atoms with Crippen molar-refractivity contribution in [3.05, 3.63) is 34.6 Å². The third kappa shape index (κ3) is 1.85. The van der Waals surface area contributed by atoms with E-state index < -0.39 is 0 Å². The van der Waals surface area contributed by atoms with Crippen LogP contribution in [0, 0.1) is 0 Å². The second-order valence-corrected chi connectivity index (χ2v) is 3.79. The molecule has 1 heterocycles. The van der Waals surface area contributed by atoms with Gasteiger partial charge in [0.25, 0.3) is 5.89 Å². The summed E-state index contributed by atoms with van der Waals surface area (Å²) in [5.41, 5.74) is 0.945. The van der Waals surface area contributed by atoms with Crippen molar-refractivity contribution in [1.29, 1.82) is 0 Å². The van der Waals surface area contributed by atoms with Crippen LogP contribution in [-0.2, 0) is 6.42 Å². The van der Waals surface area contributed by atoms with Crippen molar-refractivity contribution in [3.8, 4) is 11.5 Å². The number of aryl methyl sites for hydroxylation is 1. The summed E-state index contributed by atoms with van der Waals surface area (Å²) >= 11 is 3.37. The first kappa shape index (κ1) is 9.40. The summed E-state index contributed by atoms with van der Waals surface area (Å²) in [6, 6.07) is 7.78. The number of hydrogen-bond acceptors (Lipinski definition) is 3. The normalized spacial score (nSPS) is 10.4. The third-order valence-electron chi connectivity index (χ3n) is 1.88. The first-order valence-electron chi connectivity index (χ1n) is 4.38. The van der Waals surface area contributed by atoms with Crippen LogP contribution in [-0.4, -0.2) is 10.1 Å². The number of benzene rings is 1. The zero-order valence-corrected chi connectivity index (χ0v) is 9.28. The lowest BCUT2D eigenvalue weighted by molar-refractivity contribution is 0.423. The Hall–Kier alpha value is -1.16. The Kier molecular flexibility index (Phi) is 2.63. The molecule has 14 heavy (non-hydrogen) atoms. The molecule has 1 aromatic carbocycles. The minimum absolute atomic E-state index is 0.578.